The molecule has 1 atom stereocenters. The average molecular weight is 367 g/mol. The van der Waals surface area contributed by atoms with E-state index in [9.17, 15) is 14.7 Å². The van der Waals surface area contributed by atoms with Crippen LogP contribution in [0.25, 0.3) is 0 Å². The van der Waals surface area contributed by atoms with E-state index in [2.05, 4.69) is 10.6 Å². The van der Waals surface area contributed by atoms with E-state index < -0.39 is 11.6 Å². The van der Waals surface area contributed by atoms with E-state index in [1.54, 1.807) is 11.8 Å². The summed E-state index contributed by atoms with van der Waals surface area (Å²) in [5, 5.41) is 16.0. The number of rotatable bonds is 7. The lowest BCUT2D eigenvalue weighted by molar-refractivity contribution is -0.138. The zero-order valence-corrected chi connectivity index (χ0v) is 15.7. The van der Waals surface area contributed by atoms with E-state index in [1.807, 2.05) is 55.5 Å². The van der Waals surface area contributed by atoms with Crippen molar-refractivity contribution in [2.45, 2.75) is 45.3 Å². The van der Waals surface area contributed by atoms with Crippen molar-refractivity contribution in [3.8, 4) is 0 Å². The van der Waals surface area contributed by atoms with Gasteiger partial charge in [-0.15, -0.1) is 0 Å². The first-order valence-corrected chi connectivity index (χ1v) is 9.17. The number of carbonyl (C=O) groups is 2. The lowest BCUT2D eigenvalue weighted by atomic mass is 10.0. The minimum atomic E-state index is -0.856. The molecule has 3 N–H and O–H groups in total. The van der Waals surface area contributed by atoms with E-state index in [4.69, 9.17) is 0 Å². The molecule has 1 aliphatic rings. The lowest BCUT2D eigenvalue weighted by Gasteiger charge is -2.29. The fourth-order valence-corrected chi connectivity index (χ4v) is 3.60. The number of nitrogens with one attached hydrogen (secondary N) is 2. The third-order valence-electron chi connectivity index (χ3n) is 4.76. The molecule has 0 bridgehead atoms. The van der Waals surface area contributed by atoms with Crippen LogP contribution in [0.5, 0.6) is 0 Å². The molecule has 2 aromatic carbocycles. The summed E-state index contributed by atoms with van der Waals surface area (Å²) < 4.78 is 0. The van der Waals surface area contributed by atoms with Gasteiger partial charge in [-0.1, -0.05) is 43.7 Å². The van der Waals surface area contributed by atoms with Crippen molar-refractivity contribution >= 4 is 28.9 Å². The Balaban J connectivity index is 1.87. The van der Waals surface area contributed by atoms with Crippen LogP contribution in [0.4, 0.5) is 17.1 Å². The first-order valence-electron chi connectivity index (χ1n) is 9.17. The summed E-state index contributed by atoms with van der Waals surface area (Å²) in [7, 11) is 0. The monoisotopic (exact) mass is 367 g/mol. The number of carbonyl (C=O) groups excluding carboxylic acids is 1. The molecule has 0 saturated heterocycles. The summed E-state index contributed by atoms with van der Waals surface area (Å²) in [6.45, 7) is 4.06. The Morgan fingerprint density at radius 2 is 1.78 bits per heavy atom. The van der Waals surface area contributed by atoms with Crippen molar-refractivity contribution in [2.75, 3.05) is 15.5 Å². The number of amides is 1. The average Bonchev–Trinajstić information content (AvgIpc) is 2.96. The second-order valence-electron chi connectivity index (χ2n) is 6.97. The van der Waals surface area contributed by atoms with Crippen LogP contribution < -0.4 is 15.5 Å². The lowest BCUT2D eigenvalue weighted by Crippen LogP contribution is -2.43. The van der Waals surface area contributed by atoms with Crippen LogP contribution in [0.2, 0.25) is 0 Å². The standard InChI is InChI=1S/C21H25N3O3/c1-3-11-21(13-20(26)27)22-18-10-9-17(12-19(18)23-21)24(15(2)25)14-16-7-5-4-6-8-16/h4-10,12,22-23H,3,11,13-14H2,1-2H3,(H,26,27). The van der Waals surface area contributed by atoms with Gasteiger partial charge in [-0.2, -0.15) is 0 Å². The number of hydrogen-bond donors (Lipinski definition) is 3. The number of carboxylic acids is 1. The molecule has 0 fully saturated rings. The van der Waals surface area contributed by atoms with Gasteiger partial charge in [-0.05, 0) is 30.2 Å². The van der Waals surface area contributed by atoms with Crippen molar-refractivity contribution in [1.29, 1.82) is 0 Å². The van der Waals surface area contributed by atoms with Crippen LogP contribution in [0, 0.1) is 0 Å². The molecule has 0 spiro atoms. The Labute approximate surface area is 159 Å². The Bertz CT molecular complexity index is 838. The zero-order chi connectivity index (χ0) is 19.4. The van der Waals surface area contributed by atoms with E-state index >= 15 is 0 Å². The Hall–Kier alpha value is -3.02. The van der Waals surface area contributed by atoms with Crippen molar-refractivity contribution in [3.05, 3.63) is 54.1 Å². The third-order valence-corrected chi connectivity index (χ3v) is 4.76. The molecule has 27 heavy (non-hydrogen) atoms. The SMILES string of the molecule is CCCC1(CC(=O)O)Nc2ccc(N(Cc3ccccc3)C(C)=O)cc2N1. The zero-order valence-electron chi connectivity index (χ0n) is 15.7. The van der Waals surface area contributed by atoms with Crippen LogP contribution in [0.1, 0.15) is 38.7 Å². The molecule has 6 heteroatoms. The molecule has 3 rings (SSSR count). The van der Waals surface area contributed by atoms with Gasteiger partial charge in [0, 0.05) is 12.6 Å². The summed E-state index contributed by atoms with van der Waals surface area (Å²) in [5.74, 6) is -0.902. The van der Waals surface area contributed by atoms with Gasteiger partial charge < -0.3 is 20.6 Å². The van der Waals surface area contributed by atoms with Crippen molar-refractivity contribution in [3.63, 3.8) is 0 Å². The molecule has 1 aliphatic heterocycles. The van der Waals surface area contributed by atoms with Crippen molar-refractivity contribution in [1.82, 2.24) is 0 Å². The van der Waals surface area contributed by atoms with Gasteiger partial charge in [0.25, 0.3) is 0 Å². The van der Waals surface area contributed by atoms with Gasteiger partial charge in [-0.3, -0.25) is 9.59 Å². The maximum Gasteiger partial charge on any atom is 0.307 e. The highest BCUT2D eigenvalue weighted by atomic mass is 16.4. The van der Waals surface area contributed by atoms with Crippen molar-refractivity contribution < 1.29 is 14.7 Å². The predicted molar refractivity (Wildman–Crippen MR) is 107 cm³/mol. The first-order chi connectivity index (χ1) is 12.9. The van der Waals surface area contributed by atoms with Gasteiger partial charge in [-0.25, -0.2) is 0 Å². The number of nitrogens with zero attached hydrogens (tertiary/aromatic N) is 1. The highest BCUT2D eigenvalue weighted by molar-refractivity contribution is 5.93. The van der Waals surface area contributed by atoms with Gasteiger partial charge in [0.1, 0.15) is 5.66 Å². The summed E-state index contributed by atoms with van der Waals surface area (Å²) in [4.78, 5) is 25.3. The normalized spacial score (nSPS) is 17.6. The largest absolute Gasteiger partial charge is 0.481 e. The van der Waals surface area contributed by atoms with E-state index in [-0.39, 0.29) is 12.3 Å². The van der Waals surface area contributed by atoms with Crippen LogP contribution >= 0.6 is 0 Å². The summed E-state index contributed by atoms with van der Waals surface area (Å²) in [6, 6.07) is 15.5. The highest BCUT2D eigenvalue weighted by Crippen LogP contribution is 2.40. The molecule has 0 aromatic heterocycles. The molecular formula is C21H25N3O3. The Kier molecular flexibility index (Phi) is 5.35. The molecule has 2 aromatic rings. The van der Waals surface area contributed by atoms with Gasteiger partial charge in [0.05, 0.1) is 24.3 Å². The van der Waals surface area contributed by atoms with Gasteiger partial charge in [0.2, 0.25) is 5.91 Å². The third kappa shape index (κ3) is 4.22. The second kappa shape index (κ2) is 7.70. The number of benzene rings is 2. The molecule has 1 heterocycles. The van der Waals surface area contributed by atoms with Crippen LogP contribution in [-0.2, 0) is 16.1 Å². The van der Waals surface area contributed by atoms with Gasteiger partial charge in [0.15, 0.2) is 0 Å². The number of aliphatic carboxylic acids is 1. The fraction of sp³-hybridized carbons (Fsp3) is 0.333. The molecule has 1 amide bonds. The van der Waals surface area contributed by atoms with E-state index in [0.717, 1.165) is 29.0 Å². The molecule has 1 unspecified atom stereocenters. The summed E-state index contributed by atoms with van der Waals surface area (Å²) >= 11 is 0. The molecule has 0 saturated carbocycles. The number of anilines is 3. The van der Waals surface area contributed by atoms with Crippen LogP contribution in [0.15, 0.2) is 48.5 Å². The smallest absolute Gasteiger partial charge is 0.307 e. The van der Waals surface area contributed by atoms with E-state index in [1.165, 1.54) is 0 Å². The summed E-state index contributed by atoms with van der Waals surface area (Å²) in [5.41, 5.74) is 2.81. The molecule has 6 nitrogen and oxygen atoms in total. The number of fused-ring (bicyclic) bond motifs is 1. The minimum absolute atomic E-state index is 0.0225. The molecular weight excluding hydrogens is 342 g/mol. The number of hydrogen-bond acceptors (Lipinski definition) is 4. The van der Waals surface area contributed by atoms with Gasteiger partial charge >= 0.3 is 5.97 Å². The Morgan fingerprint density at radius 3 is 2.41 bits per heavy atom. The highest BCUT2D eigenvalue weighted by Gasteiger charge is 2.37. The number of carboxylic acid groups (broad SMARTS) is 1. The predicted octanol–water partition coefficient (Wildman–Crippen LogP) is 4.05. The molecule has 0 aliphatic carbocycles. The van der Waals surface area contributed by atoms with E-state index in [0.29, 0.717) is 13.0 Å². The van der Waals surface area contributed by atoms with Crippen LogP contribution in [0.3, 0.4) is 0 Å². The molecule has 0 radical (unpaired) electrons. The molecule has 142 valence electrons. The maximum absolute atomic E-state index is 12.2. The second-order valence-corrected chi connectivity index (χ2v) is 6.97. The maximum atomic E-state index is 12.2. The topological polar surface area (TPSA) is 81.7 Å². The van der Waals surface area contributed by atoms with Crippen molar-refractivity contribution in [2.24, 2.45) is 0 Å². The fourth-order valence-electron chi connectivity index (χ4n) is 3.60. The van der Waals surface area contributed by atoms with Crippen LogP contribution in [-0.4, -0.2) is 22.6 Å². The summed E-state index contributed by atoms with van der Waals surface area (Å²) in [6.07, 6.45) is 1.51. The quantitative estimate of drug-likeness (QED) is 0.688. The minimum Gasteiger partial charge on any atom is -0.481 e. The Morgan fingerprint density at radius 1 is 1.07 bits per heavy atom. The first kappa shape index (κ1) is 18.8.